The average molecular weight is 569 g/mol. The van der Waals surface area contributed by atoms with Gasteiger partial charge in [0.15, 0.2) is 17.3 Å². The van der Waals surface area contributed by atoms with Gasteiger partial charge in [0, 0.05) is 20.9 Å². The summed E-state index contributed by atoms with van der Waals surface area (Å²) in [7, 11) is 3.10. The van der Waals surface area contributed by atoms with Crippen molar-refractivity contribution in [1.29, 1.82) is 0 Å². The second kappa shape index (κ2) is 9.77. The van der Waals surface area contributed by atoms with Crippen molar-refractivity contribution in [2.24, 2.45) is 0 Å². The number of pyridine rings is 1. The molecule has 1 aromatic heterocycles. The van der Waals surface area contributed by atoms with Crippen LogP contribution in [0.25, 0.3) is 28.1 Å². The summed E-state index contributed by atoms with van der Waals surface area (Å²) < 4.78 is 12.2. The van der Waals surface area contributed by atoms with Crippen LogP contribution in [0.4, 0.5) is 0 Å². The highest BCUT2D eigenvalue weighted by Gasteiger charge is 2.20. The first kappa shape index (κ1) is 23.0. The van der Waals surface area contributed by atoms with Crippen molar-refractivity contribution >= 4 is 54.6 Å². The van der Waals surface area contributed by atoms with Gasteiger partial charge in [-0.05, 0) is 69.5 Å². The maximum absolute atomic E-state index is 13.4. The first-order valence-corrected chi connectivity index (χ1v) is 11.6. The van der Waals surface area contributed by atoms with E-state index in [1.165, 1.54) is 6.08 Å². The lowest BCUT2D eigenvalue weighted by molar-refractivity contribution is 0.104. The van der Waals surface area contributed by atoms with E-state index in [1.807, 2.05) is 48.5 Å². The van der Waals surface area contributed by atoms with Crippen LogP contribution in [0.2, 0.25) is 0 Å². The predicted octanol–water partition coefficient (Wildman–Crippen LogP) is 6.63. The number of aromatic amines is 1. The molecule has 5 nitrogen and oxygen atoms in total. The number of carbonyl (C=O) groups is 1. The molecule has 0 atom stereocenters. The predicted molar refractivity (Wildman–Crippen MR) is 138 cm³/mol. The highest BCUT2D eigenvalue weighted by Crippen LogP contribution is 2.38. The highest BCUT2D eigenvalue weighted by atomic mass is 79.9. The Morgan fingerprint density at radius 3 is 2.42 bits per heavy atom. The summed E-state index contributed by atoms with van der Waals surface area (Å²) >= 11 is 7.00. The lowest BCUT2D eigenvalue weighted by Crippen LogP contribution is -2.18. The van der Waals surface area contributed by atoms with Crippen LogP contribution in [-0.2, 0) is 0 Å². The van der Waals surface area contributed by atoms with Gasteiger partial charge in [0.05, 0.1) is 24.3 Å². The number of ether oxygens (including phenoxy) is 2. The molecule has 0 saturated heterocycles. The highest BCUT2D eigenvalue weighted by molar-refractivity contribution is 9.10. The molecule has 0 amide bonds. The molecule has 1 heterocycles. The van der Waals surface area contributed by atoms with Gasteiger partial charge in [-0.15, -0.1) is 0 Å². The van der Waals surface area contributed by atoms with Gasteiger partial charge in [-0.1, -0.05) is 46.3 Å². The smallest absolute Gasteiger partial charge is 0.260 e. The Hall–Kier alpha value is -3.16. The topological polar surface area (TPSA) is 68.4 Å². The molecular formula is C26H19Br2NO4. The van der Waals surface area contributed by atoms with E-state index in [0.29, 0.717) is 32.6 Å². The Bertz CT molecular complexity index is 1440. The number of fused-ring (bicyclic) bond motifs is 1. The molecule has 0 saturated carbocycles. The number of rotatable bonds is 6. The van der Waals surface area contributed by atoms with Crippen molar-refractivity contribution in [2.45, 2.75) is 0 Å². The van der Waals surface area contributed by atoms with Crippen molar-refractivity contribution in [3.05, 3.63) is 97.2 Å². The summed E-state index contributed by atoms with van der Waals surface area (Å²) in [5.41, 5.74) is 2.39. The summed E-state index contributed by atoms with van der Waals surface area (Å²) in [6.07, 6.45) is 3.04. The number of H-pyrrole nitrogens is 1. The first-order valence-electron chi connectivity index (χ1n) is 9.98. The minimum atomic E-state index is -0.440. The third-order valence-electron chi connectivity index (χ3n) is 5.21. The summed E-state index contributed by atoms with van der Waals surface area (Å²) in [5, 5.41) is 0.777. The summed E-state index contributed by atoms with van der Waals surface area (Å²) in [4.78, 5) is 29.3. The van der Waals surface area contributed by atoms with Crippen molar-refractivity contribution in [2.75, 3.05) is 14.2 Å². The summed E-state index contributed by atoms with van der Waals surface area (Å²) in [6.45, 7) is 0. The lowest BCUT2D eigenvalue weighted by Gasteiger charge is -2.12. The molecular weight excluding hydrogens is 550 g/mol. The van der Waals surface area contributed by atoms with E-state index in [4.69, 9.17) is 9.47 Å². The molecule has 1 N–H and O–H groups in total. The van der Waals surface area contributed by atoms with E-state index in [0.717, 1.165) is 15.4 Å². The van der Waals surface area contributed by atoms with Crippen molar-refractivity contribution in [1.82, 2.24) is 4.98 Å². The fraction of sp³-hybridized carbons (Fsp3) is 0.0769. The van der Waals surface area contributed by atoms with Crippen LogP contribution in [0, 0.1) is 0 Å². The van der Waals surface area contributed by atoms with E-state index >= 15 is 0 Å². The van der Waals surface area contributed by atoms with Crippen LogP contribution >= 0.6 is 31.9 Å². The first-order chi connectivity index (χ1) is 15.9. The molecule has 0 unspecified atom stereocenters. The van der Waals surface area contributed by atoms with Gasteiger partial charge < -0.3 is 14.5 Å². The van der Waals surface area contributed by atoms with Crippen molar-refractivity contribution < 1.29 is 14.3 Å². The van der Waals surface area contributed by atoms with Crippen LogP contribution in [0.15, 0.2) is 80.5 Å². The minimum Gasteiger partial charge on any atom is -0.493 e. The molecule has 33 heavy (non-hydrogen) atoms. The third-order valence-corrected chi connectivity index (χ3v) is 6.53. The zero-order valence-electron chi connectivity index (χ0n) is 17.8. The van der Waals surface area contributed by atoms with Crippen LogP contribution < -0.4 is 15.0 Å². The largest absolute Gasteiger partial charge is 0.493 e. The number of methoxy groups -OCH3 is 2. The van der Waals surface area contributed by atoms with Crippen molar-refractivity contribution in [3.63, 3.8) is 0 Å². The number of benzene rings is 3. The second-order valence-corrected chi connectivity index (χ2v) is 8.87. The number of ketones is 1. The molecule has 0 aliphatic rings. The van der Waals surface area contributed by atoms with Gasteiger partial charge in [-0.3, -0.25) is 9.59 Å². The van der Waals surface area contributed by atoms with Crippen LogP contribution in [0.3, 0.4) is 0 Å². The Balaban J connectivity index is 1.88. The van der Waals surface area contributed by atoms with E-state index < -0.39 is 11.3 Å². The van der Waals surface area contributed by atoms with E-state index in [1.54, 1.807) is 32.4 Å². The van der Waals surface area contributed by atoms with Crippen molar-refractivity contribution in [3.8, 4) is 22.6 Å². The number of hydrogen-bond acceptors (Lipinski definition) is 4. The fourth-order valence-corrected chi connectivity index (χ4v) is 4.67. The lowest BCUT2D eigenvalue weighted by atomic mass is 9.94. The Morgan fingerprint density at radius 1 is 0.970 bits per heavy atom. The number of nitrogens with one attached hydrogen (secondary N) is 1. The maximum Gasteiger partial charge on any atom is 0.260 e. The zero-order valence-corrected chi connectivity index (χ0v) is 21.0. The molecule has 4 rings (SSSR count). The number of hydrogen-bond donors (Lipinski definition) is 1. The van der Waals surface area contributed by atoms with Crippen LogP contribution in [0.1, 0.15) is 15.9 Å². The van der Waals surface area contributed by atoms with Gasteiger partial charge in [-0.2, -0.15) is 0 Å². The number of halogens is 2. The average Bonchev–Trinajstić information content (AvgIpc) is 2.82. The maximum atomic E-state index is 13.4. The third kappa shape index (κ3) is 4.51. The minimum absolute atomic E-state index is 0.0830. The number of allylic oxidation sites excluding steroid dienone is 1. The molecule has 0 radical (unpaired) electrons. The Labute approximate surface area is 207 Å². The Morgan fingerprint density at radius 2 is 1.73 bits per heavy atom. The molecule has 166 valence electrons. The molecule has 7 heteroatoms. The van der Waals surface area contributed by atoms with Gasteiger partial charge in [0.1, 0.15) is 0 Å². The Kier molecular flexibility index (Phi) is 6.81. The SMILES string of the molecule is COc1ccc(C=CC(=O)c2c(-c3ccccc3)c3cc(Br)ccc3[nH]c2=O)c(Br)c1OC. The van der Waals surface area contributed by atoms with E-state index in [-0.39, 0.29) is 5.56 Å². The van der Waals surface area contributed by atoms with Gasteiger partial charge in [0.2, 0.25) is 0 Å². The molecule has 0 bridgehead atoms. The molecule has 3 aromatic carbocycles. The van der Waals surface area contributed by atoms with Crippen LogP contribution in [0.5, 0.6) is 11.5 Å². The summed E-state index contributed by atoms with van der Waals surface area (Å²) in [6, 6.07) is 18.6. The second-order valence-electron chi connectivity index (χ2n) is 7.16. The molecule has 0 aliphatic heterocycles. The van der Waals surface area contributed by atoms with Crippen LogP contribution in [-0.4, -0.2) is 25.0 Å². The quantitative estimate of drug-likeness (QED) is 0.209. The fourth-order valence-electron chi connectivity index (χ4n) is 3.69. The zero-order chi connectivity index (χ0) is 23.5. The van der Waals surface area contributed by atoms with Gasteiger partial charge >= 0.3 is 0 Å². The van der Waals surface area contributed by atoms with Gasteiger partial charge in [-0.25, -0.2) is 0 Å². The summed E-state index contributed by atoms with van der Waals surface area (Å²) in [5.74, 6) is 0.680. The standard InChI is InChI=1S/C26H19Br2NO4/c1-32-21-13-9-16(24(28)25(21)33-2)8-12-20(30)23-22(15-6-4-3-5-7-15)18-14-17(27)10-11-19(18)29-26(23)31/h3-14H,1-2H3,(H,29,31). The normalized spacial score (nSPS) is 11.2. The monoisotopic (exact) mass is 567 g/mol. The van der Waals surface area contributed by atoms with Gasteiger partial charge in [0.25, 0.3) is 5.56 Å². The number of aromatic nitrogens is 1. The number of carbonyl (C=O) groups excluding carboxylic acids is 1. The molecule has 0 fully saturated rings. The van der Waals surface area contributed by atoms with E-state index in [2.05, 4.69) is 36.8 Å². The molecule has 0 aliphatic carbocycles. The molecule has 4 aromatic rings. The van der Waals surface area contributed by atoms with E-state index in [9.17, 15) is 9.59 Å². The molecule has 0 spiro atoms.